The Bertz CT molecular complexity index is 162. The second-order valence-electron chi connectivity index (χ2n) is 3.28. The van der Waals surface area contributed by atoms with Gasteiger partial charge in [0.1, 0.15) is 0 Å². The summed E-state index contributed by atoms with van der Waals surface area (Å²) in [5.74, 6) is 0.0522. The first-order valence-electron chi connectivity index (χ1n) is 4.61. The second kappa shape index (κ2) is 6.38. The van der Waals surface area contributed by atoms with Crippen molar-refractivity contribution >= 4 is 21.8 Å². The summed E-state index contributed by atoms with van der Waals surface area (Å²) in [7, 11) is 2.05. The summed E-state index contributed by atoms with van der Waals surface area (Å²) in [5.41, 5.74) is 0. The fourth-order valence-corrected chi connectivity index (χ4v) is 1.02. The minimum atomic E-state index is -0.105. The smallest absolute Gasteiger partial charge is 0.233 e. The Morgan fingerprint density at radius 3 is 2.46 bits per heavy atom. The van der Waals surface area contributed by atoms with E-state index in [1.807, 2.05) is 14.0 Å². The predicted molar refractivity (Wildman–Crippen MR) is 59.2 cm³/mol. The number of carbonyl (C=O) groups excluding carboxylic acids is 1. The molecule has 0 radical (unpaired) electrons. The first kappa shape index (κ1) is 12.9. The fourth-order valence-electron chi connectivity index (χ4n) is 0.856. The van der Waals surface area contributed by atoms with Gasteiger partial charge in [0.15, 0.2) is 0 Å². The minimum absolute atomic E-state index is 0.0522. The zero-order valence-electron chi connectivity index (χ0n) is 8.80. The molecule has 3 nitrogen and oxygen atoms in total. The van der Waals surface area contributed by atoms with Gasteiger partial charge >= 0.3 is 0 Å². The SMILES string of the molecule is CCN(C)C(C)CNC(=O)C(C)Br. The lowest BCUT2D eigenvalue weighted by molar-refractivity contribution is -0.120. The molecule has 0 spiro atoms. The molecule has 0 aromatic carbocycles. The number of hydrogen-bond donors (Lipinski definition) is 1. The molecular weight excluding hydrogens is 232 g/mol. The number of nitrogens with one attached hydrogen (secondary N) is 1. The average molecular weight is 251 g/mol. The molecule has 0 saturated heterocycles. The van der Waals surface area contributed by atoms with Gasteiger partial charge in [0.25, 0.3) is 0 Å². The van der Waals surface area contributed by atoms with E-state index in [0.717, 1.165) is 6.54 Å². The van der Waals surface area contributed by atoms with E-state index in [2.05, 4.69) is 40.0 Å². The lowest BCUT2D eigenvalue weighted by Crippen LogP contribution is -2.41. The highest BCUT2D eigenvalue weighted by atomic mass is 79.9. The minimum Gasteiger partial charge on any atom is -0.354 e. The Morgan fingerprint density at radius 2 is 2.08 bits per heavy atom. The molecule has 0 saturated carbocycles. The highest BCUT2D eigenvalue weighted by Crippen LogP contribution is 1.97. The van der Waals surface area contributed by atoms with Crippen LogP contribution in [-0.2, 0) is 4.79 Å². The Balaban J connectivity index is 3.69. The molecule has 13 heavy (non-hydrogen) atoms. The normalized spacial score (nSPS) is 15.5. The van der Waals surface area contributed by atoms with E-state index in [4.69, 9.17) is 0 Å². The molecule has 2 atom stereocenters. The molecule has 78 valence electrons. The largest absolute Gasteiger partial charge is 0.354 e. The van der Waals surface area contributed by atoms with Gasteiger partial charge in [-0.25, -0.2) is 0 Å². The number of likely N-dealkylation sites (N-methyl/N-ethyl adjacent to an activating group) is 1. The van der Waals surface area contributed by atoms with Crippen molar-refractivity contribution in [3.63, 3.8) is 0 Å². The molecule has 0 fully saturated rings. The predicted octanol–water partition coefficient (Wildman–Crippen LogP) is 1.23. The molecule has 0 rings (SSSR count). The number of amides is 1. The summed E-state index contributed by atoms with van der Waals surface area (Å²) < 4.78 is 0. The van der Waals surface area contributed by atoms with E-state index in [1.165, 1.54) is 0 Å². The Hall–Kier alpha value is -0.0900. The van der Waals surface area contributed by atoms with Crippen molar-refractivity contribution in [2.24, 2.45) is 0 Å². The van der Waals surface area contributed by atoms with E-state index in [1.54, 1.807) is 0 Å². The van der Waals surface area contributed by atoms with Gasteiger partial charge in [-0.1, -0.05) is 22.9 Å². The molecule has 0 aromatic heterocycles. The first-order valence-corrected chi connectivity index (χ1v) is 5.52. The number of halogens is 1. The Labute approximate surface area is 89.0 Å². The fraction of sp³-hybridized carbons (Fsp3) is 0.889. The maximum absolute atomic E-state index is 11.2. The zero-order chi connectivity index (χ0) is 10.4. The highest BCUT2D eigenvalue weighted by Gasteiger charge is 2.11. The van der Waals surface area contributed by atoms with Crippen molar-refractivity contribution in [1.82, 2.24) is 10.2 Å². The summed E-state index contributed by atoms with van der Waals surface area (Å²) in [6, 6.07) is 0.389. The molecule has 0 aliphatic carbocycles. The van der Waals surface area contributed by atoms with Gasteiger partial charge < -0.3 is 10.2 Å². The van der Waals surface area contributed by atoms with Gasteiger partial charge in [0, 0.05) is 12.6 Å². The van der Waals surface area contributed by atoms with Gasteiger partial charge in [-0.3, -0.25) is 4.79 Å². The van der Waals surface area contributed by atoms with Crippen LogP contribution in [0.15, 0.2) is 0 Å². The molecule has 0 aliphatic heterocycles. The topological polar surface area (TPSA) is 32.3 Å². The van der Waals surface area contributed by atoms with Crippen LogP contribution in [0.2, 0.25) is 0 Å². The van der Waals surface area contributed by atoms with Crippen molar-refractivity contribution < 1.29 is 4.79 Å². The Morgan fingerprint density at radius 1 is 1.54 bits per heavy atom. The van der Waals surface area contributed by atoms with Crippen LogP contribution in [0.5, 0.6) is 0 Å². The van der Waals surface area contributed by atoms with Crippen molar-refractivity contribution in [3.8, 4) is 0 Å². The number of rotatable bonds is 5. The van der Waals surface area contributed by atoms with Gasteiger partial charge in [0.05, 0.1) is 4.83 Å². The Kier molecular flexibility index (Phi) is 6.33. The molecular formula is C9H19BrN2O. The van der Waals surface area contributed by atoms with Crippen LogP contribution in [0, 0.1) is 0 Å². The quantitative estimate of drug-likeness (QED) is 0.745. The first-order chi connectivity index (χ1) is 5.99. The van der Waals surface area contributed by atoms with Crippen molar-refractivity contribution in [1.29, 1.82) is 0 Å². The number of carbonyl (C=O) groups is 1. The second-order valence-corrected chi connectivity index (χ2v) is 4.66. The average Bonchev–Trinajstić information content (AvgIpc) is 2.11. The van der Waals surface area contributed by atoms with E-state index in [-0.39, 0.29) is 10.7 Å². The van der Waals surface area contributed by atoms with Crippen LogP contribution < -0.4 is 5.32 Å². The lowest BCUT2D eigenvalue weighted by atomic mass is 10.3. The van der Waals surface area contributed by atoms with Gasteiger partial charge in [0.2, 0.25) is 5.91 Å². The lowest BCUT2D eigenvalue weighted by Gasteiger charge is -2.23. The number of hydrogen-bond acceptors (Lipinski definition) is 2. The van der Waals surface area contributed by atoms with Gasteiger partial charge in [-0.05, 0) is 27.4 Å². The molecule has 0 heterocycles. The van der Waals surface area contributed by atoms with Crippen LogP contribution >= 0.6 is 15.9 Å². The summed E-state index contributed by atoms with van der Waals surface area (Å²) in [4.78, 5) is 13.3. The molecule has 2 unspecified atom stereocenters. The third-order valence-electron chi connectivity index (χ3n) is 2.18. The van der Waals surface area contributed by atoms with Crippen LogP contribution in [-0.4, -0.2) is 41.8 Å². The van der Waals surface area contributed by atoms with Crippen LogP contribution in [0.4, 0.5) is 0 Å². The molecule has 1 amide bonds. The zero-order valence-corrected chi connectivity index (χ0v) is 10.4. The van der Waals surface area contributed by atoms with Crippen LogP contribution in [0.3, 0.4) is 0 Å². The molecule has 1 N–H and O–H groups in total. The summed E-state index contributed by atoms with van der Waals surface area (Å²) in [6.45, 7) is 7.73. The van der Waals surface area contributed by atoms with Crippen molar-refractivity contribution in [3.05, 3.63) is 0 Å². The summed E-state index contributed by atoms with van der Waals surface area (Å²) >= 11 is 3.22. The number of alkyl halides is 1. The molecule has 4 heteroatoms. The van der Waals surface area contributed by atoms with Crippen LogP contribution in [0.25, 0.3) is 0 Å². The maximum atomic E-state index is 11.2. The van der Waals surface area contributed by atoms with Gasteiger partial charge in [-0.2, -0.15) is 0 Å². The highest BCUT2D eigenvalue weighted by molar-refractivity contribution is 9.10. The van der Waals surface area contributed by atoms with E-state index in [9.17, 15) is 4.79 Å². The van der Waals surface area contributed by atoms with Crippen molar-refractivity contribution in [2.75, 3.05) is 20.1 Å². The molecule has 0 aliphatic rings. The van der Waals surface area contributed by atoms with E-state index in [0.29, 0.717) is 12.6 Å². The number of nitrogens with zero attached hydrogens (tertiary/aromatic N) is 1. The van der Waals surface area contributed by atoms with Crippen LogP contribution in [0.1, 0.15) is 20.8 Å². The van der Waals surface area contributed by atoms with E-state index < -0.39 is 0 Å². The third kappa shape index (κ3) is 5.26. The maximum Gasteiger partial charge on any atom is 0.233 e. The van der Waals surface area contributed by atoms with Gasteiger partial charge in [-0.15, -0.1) is 0 Å². The summed E-state index contributed by atoms with van der Waals surface area (Å²) in [6.07, 6.45) is 0. The monoisotopic (exact) mass is 250 g/mol. The molecule has 0 bridgehead atoms. The summed E-state index contributed by atoms with van der Waals surface area (Å²) in [5, 5.41) is 2.87. The third-order valence-corrected chi connectivity index (χ3v) is 2.60. The standard InChI is InChI=1S/C9H19BrN2O/c1-5-12(4)7(2)6-11-9(13)8(3)10/h7-8H,5-6H2,1-4H3,(H,11,13). The molecule has 0 aromatic rings. The van der Waals surface area contributed by atoms with E-state index >= 15 is 0 Å². The van der Waals surface area contributed by atoms with Crippen molar-refractivity contribution in [2.45, 2.75) is 31.6 Å².